The van der Waals surface area contributed by atoms with Crippen LogP contribution in [0.3, 0.4) is 0 Å². The number of quaternary nitrogens is 1. The standard InChI is InChI=1S/C22H37NO/c1-18(2)11-12-22(14-16-24-21(4,5)17-22)13-15-23-19(3)20-9-7-6-8-10-20/h6-10,18-19,23H,11-17H2,1-5H3/p+1/t19-,22-/m1/s1. The molecule has 2 nitrogen and oxygen atoms in total. The molecule has 1 aromatic carbocycles. The molecule has 0 bridgehead atoms. The van der Waals surface area contributed by atoms with Crippen molar-refractivity contribution in [1.29, 1.82) is 0 Å². The number of rotatable bonds is 8. The van der Waals surface area contributed by atoms with Crippen molar-refractivity contribution in [2.45, 2.75) is 78.4 Å². The minimum Gasteiger partial charge on any atom is -0.376 e. The Labute approximate surface area is 149 Å². The van der Waals surface area contributed by atoms with E-state index in [1.54, 1.807) is 0 Å². The lowest BCUT2D eigenvalue weighted by Crippen LogP contribution is -2.85. The van der Waals surface area contributed by atoms with Gasteiger partial charge in [0.2, 0.25) is 0 Å². The van der Waals surface area contributed by atoms with Gasteiger partial charge in [-0.2, -0.15) is 0 Å². The van der Waals surface area contributed by atoms with Gasteiger partial charge in [-0.1, -0.05) is 50.6 Å². The predicted octanol–water partition coefficient (Wildman–Crippen LogP) is 4.71. The van der Waals surface area contributed by atoms with Crippen LogP contribution >= 0.6 is 0 Å². The lowest BCUT2D eigenvalue weighted by molar-refractivity contribution is -0.694. The lowest BCUT2D eigenvalue weighted by Gasteiger charge is -2.45. The van der Waals surface area contributed by atoms with Gasteiger partial charge < -0.3 is 10.1 Å². The Morgan fingerprint density at radius 1 is 1.08 bits per heavy atom. The van der Waals surface area contributed by atoms with Gasteiger partial charge in [0.15, 0.2) is 0 Å². The Kier molecular flexibility index (Phi) is 6.88. The van der Waals surface area contributed by atoms with Crippen molar-refractivity contribution in [1.82, 2.24) is 0 Å². The van der Waals surface area contributed by atoms with Gasteiger partial charge in [-0.15, -0.1) is 0 Å². The SMILES string of the molecule is CC(C)CC[C@@]1(CC[NH2+][C@H](C)c2ccccc2)CCOC(C)(C)C1. The van der Waals surface area contributed by atoms with Crippen molar-refractivity contribution in [2.24, 2.45) is 11.3 Å². The zero-order chi connectivity index (χ0) is 17.6. The summed E-state index contributed by atoms with van der Waals surface area (Å²) in [6.07, 6.45) is 6.44. The van der Waals surface area contributed by atoms with Crippen LogP contribution in [0.4, 0.5) is 0 Å². The van der Waals surface area contributed by atoms with Gasteiger partial charge in [-0.25, -0.2) is 0 Å². The largest absolute Gasteiger partial charge is 0.376 e. The molecule has 0 aromatic heterocycles. The fourth-order valence-corrected chi connectivity index (χ4v) is 4.27. The maximum absolute atomic E-state index is 6.01. The summed E-state index contributed by atoms with van der Waals surface area (Å²) in [4.78, 5) is 0. The minimum absolute atomic E-state index is 0.0419. The third-order valence-corrected chi connectivity index (χ3v) is 5.70. The summed E-state index contributed by atoms with van der Waals surface area (Å²) in [5.74, 6) is 0.792. The van der Waals surface area contributed by atoms with E-state index in [0.29, 0.717) is 11.5 Å². The van der Waals surface area contributed by atoms with Gasteiger partial charge in [0, 0.05) is 18.6 Å². The Hall–Kier alpha value is -0.860. The molecule has 2 heteroatoms. The second kappa shape index (κ2) is 8.49. The van der Waals surface area contributed by atoms with Crippen molar-refractivity contribution in [3.8, 4) is 0 Å². The van der Waals surface area contributed by atoms with Crippen LogP contribution in [0.15, 0.2) is 30.3 Å². The van der Waals surface area contributed by atoms with Gasteiger partial charge in [-0.05, 0) is 51.4 Å². The van der Waals surface area contributed by atoms with E-state index in [2.05, 4.69) is 70.3 Å². The molecule has 24 heavy (non-hydrogen) atoms. The first-order valence-corrected chi connectivity index (χ1v) is 9.84. The average Bonchev–Trinajstić information content (AvgIpc) is 2.53. The molecule has 2 atom stereocenters. The van der Waals surface area contributed by atoms with Crippen molar-refractivity contribution in [2.75, 3.05) is 13.2 Å². The molecule has 1 saturated heterocycles. The van der Waals surface area contributed by atoms with Gasteiger partial charge in [-0.3, -0.25) is 0 Å². The normalized spacial score (nSPS) is 24.9. The first kappa shape index (κ1) is 19.5. The number of nitrogens with two attached hydrogens (primary N) is 1. The highest BCUT2D eigenvalue weighted by atomic mass is 16.5. The molecule has 0 unspecified atom stereocenters. The second-order valence-corrected chi connectivity index (χ2v) is 8.94. The molecule has 136 valence electrons. The van der Waals surface area contributed by atoms with E-state index in [9.17, 15) is 0 Å². The Balaban J connectivity index is 1.93. The highest BCUT2D eigenvalue weighted by Crippen LogP contribution is 2.45. The quantitative estimate of drug-likeness (QED) is 0.733. The van der Waals surface area contributed by atoms with Gasteiger partial charge >= 0.3 is 0 Å². The lowest BCUT2D eigenvalue weighted by atomic mass is 9.68. The molecule has 0 amide bonds. The van der Waals surface area contributed by atoms with Crippen LogP contribution in [0.1, 0.15) is 78.3 Å². The second-order valence-electron chi connectivity index (χ2n) is 8.94. The molecule has 1 aliphatic heterocycles. The molecule has 1 aromatic rings. The van der Waals surface area contributed by atoms with Gasteiger partial charge in [0.1, 0.15) is 6.04 Å². The molecule has 1 aliphatic rings. The van der Waals surface area contributed by atoms with E-state index in [1.165, 1.54) is 44.2 Å². The van der Waals surface area contributed by atoms with E-state index in [-0.39, 0.29) is 5.60 Å². The minimum atomic E-state index is 0.0419. The smallest absolute Gasteiger partial charge is 0.109 e. The van der Waals surface area contributed by atoms with Crippen molar-refractivity contribution in [3.63, 3.8) is 0 Å². The zero-order valence-electron chi connectivity index (χ0n) is 16.5. The first-order valence-electron chi connectivity index (χ1n) is 9.84. The number of hydrogen-bond donors (Lipinski definition) is 1. The van der Waals surface area contributed by atoms with Crippen molar-refractivity contribution in [3.05, 3.63) is 35.9 Å². The topological polar surface area (TPSA) is 25.8 Å². The maximum atomic E-state index is 6.01. The molecular formula is C22H38NO+. The molecule has 0 saturated carbocycles. The highest BCUT2D eigenvalue weighted by molar-refractivity contribution is 5.16. The predicted molar refractivity (Wildman–Crippen MR) is 102 cm³/mol. The van der Waals surface area contributed by atoms with E-state index in [4.69, 9.17) is 4.74 Å². The Morgan fingerprint density at radius 2 is 1.79 bits per heavy atom. The van der Waals surface area contributed by atoms with E-state index in [0.717, 1.165) is 12.5 Å². The fraction of sp³-hybridized carbons (Fsp3) is 0.727. The molecule has 0 aliphatic carbocycles. The van der Waals surface area contributed by atoms with Gasteiger partial charge in [0.25, 0.3) is 0 Å². The molecule has 1 heterocycles. The number of benzene rings is 1. The number of ether oxygens (including phenoxy) is 1. The molecule has 1 fully saturated rings. The first-order chi connectivity index (χ1) is 11.3. The zero-order valence-corrected chi connectivity index (χ0v) is 16.5. The van der Waals surface area contributed by atoms with Crippen molar-refractivity contribution < 1.29 is 10.1 Å². The van der Waals surface area contributed by atoms with E-state index >= 15 is 0 Å². The molecular weight excluding hydrogens is 294 g/mol. The summed E-state index contributed by atoms with van der Waals surface area (Å²) in [5, 5.41) is 2.52. The average molecular weight is 333 g/mol. The number of hydrogen-bond acceptors (Lipinski definition) is 1. The van der Waals surface area contributed by atoms with Gasteiger partial charge in [0.05, 0.1) is 12.1 Å². The van der Waals surface area contributed by atoms with E-state index < -0.39 is 0 Å². The summed E-state index contributed by atoms with van der Waals surface area (Å²) in [7, 11) is 0. The highest BCUT2D eigenvalue weighted by Gasteiger charge is 2.40. The van der Waals surface area contributed by atoms with Crippen molar-refractivity contribution >= 4 is 0 Å². The summed E-state index contributed by atoms with van der Waals surface area (Å²) < 4.78 is 6.01. The van der Waals surface area contributed by atoms with E-state index in [1.807, 2.05) is 0 Å². The summed E-state index contributed by atoms with van der Waals surface area (Å²) in [6.45, 7) is 13.7. The Morgan fingerprint density at radius 3 is 2.42 bits per heavy atom. The van der Waals surface area contributed by atoms with Crippen LogP contribution in [-0.4, -0.2) is 18.8 Å². The summed E-state index contributed by atoms with van der Waals surface area (Å²) >= 11 is 0. The fourth-order valence-electron chi connectivity index (χ4n) is 4.27. The van der Waals surface area contributed by atoms with Crippen LogP contribution in [0.2, 0.25) is 0 Å². The van der Waals surface area contributed by atoms with Crippen LogP contribution in [0.25, 0.3) is 0 Å². The molecule has 2 rings (SSSR count). The third-order valence-electron chi connectivity index (χ3n) is 5.70. The monoisotopic (exact) mass is 332 g/mol. The molecule has 2 N–H and O–H groups in total. The van der Waals surface area contributed by atoms with Crippen LogP contribution < -0.4 is 5.32 Å². The maximum Gasteiger partial charge on any atom is 0.109 e. The van der Waals surface area contributed by atoms with Crippen LogP contribution in [0.5, 0.6) is 0 Å². The molecule has 0 radical (unpaired) electrons. The summed E-state index contributed by atoms with van der Waals surface area (Å²) in [6, 6.07) is 11.4. The Bertz CT molecular complexity index is 482. The molecule has 0 spiro atoms. The van der Waals surface area contributed by atoms with Crippen LogP contribution in [-0.2, 0) is 4.74 Å². The third kappa shape index (κ3) is 5.89. The summed E-state index contributed by atoms with van der Waals surface area (Å²) in [5.41, 5.74) is 1.94. The van der Waals surface area contributed by atoms with Crippen LogP contribution in [0, 0.1) is 11.3 Å².